The summed E-state index contributed by atoms with van der Waals surface area (Å²) in [6.45, 7) is 9.48. The van der Waals surface area contributed by atoms with Crippen LogP contribution in [0.1, 0.15) is 98.6 Å². The number of aliphatic hydroxyl groups is 1. The summed E-state index contributed by atoms with van der Waals surface area (Å²) in [6, 6.07) is 15.4. The molecule has 0 amide bonds. The van der Waals surface area contributed by atoms with Crippen molar-refractivity contribution in [1.29, 1.82) is 0 Å². The van der Waals surface area contributed by atoms with Crippen LogP contribution < -0.4 is 0 Å². The summed E-state index contributed by atoms with van der Waals surface area (Å²) in [5.41, 5.74) is 7.96. The zero-order chi connectivity index (χ0) is 27.9. The van der Waals surface area contributed by atoms with E-state index in [-0.39, 0.29) is 12.0 Å². The van der Waals surface area contributed by atoms with Gasteiger partial charge in [-0.3, -0.25) is 9.78 Å². The summed E-state index contributed by atoms with van der Waals surface area (Å²) in [5, 5.41) is 11.0. The lowest BCUT2D eigenvalue weighted by Gasteiger charge is -2.34. The topological polar surface area (TPSA) is 59.4 Å². The van der Waals surface area contributed by atoms with Crippen molar-refractivity contribution >= 4 is 6.47 Å². The normalized spacial score (nSPS) is 15.1. The summed E-state index contributed by atoms with van der Waals surface area (Å²) >= 11 is 0. The highest BCUT2D eigenvalue weighted by Gasteiger charge is 2.31. The van der Waals surface area contributed by atoms with Gasteiger partial charge >= 0.3 is 0 Å². The SMILES string of the molecule is CCC(CC)(c1ccc(C#CC2(O)CCCCCC2)c(C)c1)c1ccc(-c2cncc(COC=O)c2)c(C)c1. The predicted molar refractivity (Wildman–Crippen MR) is 157 cm³/mol. The number of pyridine rings is 1. The molecule has 204 valence electrons. The van der Waals surface area contributed by atoms with Crippen LogP contribution in [0.25, 0.3) is 11.1 Å². The number of aryl methyl sites for hydroxylation is 2. The molecule has 0 bridgehead atoms. The third-order valence-electron chi connectivity index (χ3n) is 8.55. The first-order valence-electron chi connectivity index (χ1n) is 14.3. The van der Waals surface area contributed by atoms with Gasteiger partial charge in [0.2, 0.25) is 0 Å². The third kappa shape index (κ3) is 6.43. The number of hydrogen-bond donors (Lipinski definition) is 1. The van der Waals surface area contributed by atoms with Crippen LogP contribution in [0.3, 0.4) is 0 Å². The maximum absolute atomic E-state index is 11.0. The molecular weight excluding hydrogens is 482 g/mol. The highest BCUT2D eigenvalue weighted by Crippen LogP contribution is 2.41. The molecule has 1 saturated carbocycles. The van der Waals surface area contributed by atoms with Gasteiger partial charge in [-0.1, -0.05) is 68.9 Å². The molecule has 1 fully saturated rings. The lowest BCUT2D eigenvalue weighted by Crippen LogP contribution is -2.26. The minimum atomic E-state index is -0.853. The molecule has 0 saturated heterocycles. The van der Waals surface area contributed by atoms with Crippen LogP contribution in [0.5, 0.6) is 0 Å². The Bertz CT molecular complexity index is 1350. The molecule has 0 spiro atoms. The lowest BCUT2D eigenvalue weighted by molar-refractivity contribution is -0.129. The summed E-state index contributed by atoms with van der Waals surface area (Å²) in [5.74, 6) is 6.56. The van der Waals surface area contributed by atoms with Crippen molar-refractivity contribution in [3.63, 3.8) is 0 Å². The van der Waals surface area contributed by atoms with E-state index in [9.17, 15) is 9.90 Å². The predicted octanol–water partition coefficient (Wildman–Crippen LogP) is 7.58. The Morgan fingerprint density at radius 2 is 1.62 bits per heavy atom. The molecule has 2 aromatic carbocycles. The van der Waals surface area contributed by atoms with Crippen LogP contribution in [0.2, 0.25) is 0 Å². The fourth-order valence-electron chi connectivity index (χ4n) is 6.09. The molecule has 3 aromatic rings. The second-order valence-electron chi connectivity index (χ2n) is 11.0. The average Bonchev–Trinajstić information content (AvgIpc) is 3.17. The average molecular weight is 524 g/mol. The second kappa shape index (κ2) is 12.6. The van der Waals surface area contributed by atoms with Gasteiger partial charge < -0.3 is 9.84 Å². The molecule has 39 heavy (non-hydrogen) atoms. The molecule has 0 unspecified atom stereocenters. The maximum atomic E-state index is 11.0. The molecule has 1 heterocycles. The van der Waals surface area contributed by atoms with E-state index in [0.717, 1.165) is 66.3 Å². The van der Waals surface area contributed by atoms with E-state index in [1.165, 1.54) is 29.5 Å². The van der Waals surface area contributed by atoms with Crippen LogP contribution in [0, 0.1) is 25.7 Å². The Morgan fingerprint density at radius 1 is 0.949 bits per heavy atom. The smallest absolute Gasteiger partial charge is 0.293 e. The summed E-state index contributed by atoms with van der Waals surface area (Å²) in [6.07, 6.45) is 11.6. The first-order chi connectivity index (χ1) is 18.8. The monoisotopic (exact) mass is 523 g/mol. The van der Waals surface area contributed by atoms with Crippen molar-refractivity contribution in [3.05, 3.63) is 88.2 Å². The largest absolute Gasteiger partial charge is 0.463 e. The first-order valence-corrected chi connectivity index (χ1v) is 14.3. The van der Waals surface area contributed by atoms with Crippen molar-refractivity contribution in [3.8, 4) is 23.0 Å². The molecule has 0 radical (unpaired) electrons. The van der Waals surface area contributed by atoms with Gasteiger partial charge in [-0.15, -0.1) is 0 Å². The third-order valence-corrected chi connectivity index (χ3v) is 8.55. The molecule has 1 aliphatic carbocycles. The molecule has 0 aliphatic heterocycles. The molecular formula is C35H41NO3. The Balaban J connectivity index is 1.65. The highest BCUT2D eigenvalue weighted by molar-refractivity contribution is 5.68. The van der Waals surface area contributed by atoms with Gasteiger partial charge in [-0.25, -0.2) is 0 Å². The lowest BCUT2D eigenvalue weighted by atomic mass is 9.69. The van der Waals surface area contributed by atoms with Crippen LogP contribution in [-0.4, -0.2) is 22.2 Å². The minimum absolute atomic E-state index is 0.114. The highest BCUT2D eigenvalue weighted by atomic mass is 16.5. The molecule has 1 N–H and O–H groups in total. The zero-order valence-electron chi connectivity index (χ0n) is 23.8. The van der Waals surface area contributed by atoms with Gasteiger partial charge in [0.25, 0.3) is 6.47 Å². The van der Waals surface area contributed by atoms with E-state index in [2.05, 4.69) is 80.9 Å². The van der Waals surface area contributed by atoms with Crippen LogP contribution in [0.15, 0.2) is 54.9 Å². The molecule has 0 atom stereocenters. The van der Waals surface area contributed by atoms with Crippen LogP contribution >= 0.6 is 0 Å². The van der Waals surface area contributed by atoms with E-state index < -0.39 is 5.60 Å². The Kier molecular flexibility index (Phi) is 9.25. The Morgan fingerprint density at radius 3 is 2.23 bits per heavy atom. The number of rotatable bonds is 8. The van der Waals surface area contributed by atoms with E-state index in [0.29, 0.717) is 6.47 Å². The quantitative estimate of drug-likeness (QED) is 0.188. The van der Waals surface area contributed by atoms with Crippen LogP contribution in [0.4, 0.5) is 0 Å². The second-order valence-corrected chi connectivity index (χ2v) is 11.0. The van der Waals surface area contributed by atoms with Crippen molar-refractivity contribution in [1.82, 2.24) is 4.98 Å². The Labute approximate surface area is 233 Å². The Hall–Kier alpha value is -3.42. The molecule has 1 aliphatic rings. The molecule has 4 heteroatoms. The fraction of sp³-hybridized carbons (Fsp3) is 0.429. The van der Waals surface area contributed by atoms with Crippen LogP contribution in [-0.2, 0) is 21.6 Å². The van der Waals surface area contributed by atoms with Gasteiger partial charge in [0.15, 0.2) is 0 Å². The van der Waals surface area contributed by atoms with E-state index in [1.807, 2.05) is 12.3 Å². The number of benzene rings is 2. The molecule has 1 aromatic heterocycles. The number of carbonyl (C=O) groups excluding carboxylic acids is 1. The van der Waals surface area contributed by atoms with E-state index >= 15 is 0 Å². The van der Waals surface area contributed by atoms with Gasteiger partial charge in [0.05, 0.1) is 0 Å². The number of ether oxygens (including phenoxy) is 1. The van der Waals surface area contributed by atoms with Crippen molar-refractivity contribution in [2.75, 3.05) is 0 Å². The van der Waals surface area contributed by atoms with Gasteiger partial charge in [-0.2, -0.15) is 0 Å². The number of aromatic nitrogens is 1. The van der Waals surface area contributed by atoms with Gasteiger partial charge in [0.1, 0.15) is 12.2 Å². The number of carbonyl (C=O) groups is 1. The molecule has 4 rings (SSSR count). The summed E-state index contributed by atoms with van der Waals surface area (Å²) < 4.78 is 4.92. The summed E-state index contributed by atoms with van der Waals surface area (Å²) in [7, 11) is 0. The number of hydrogen-bond acceptors (Lipinski definition) is 4. The van der Waals surface area contributed by atoms with Gasteiger partial charge in [-0.05, 0) is 92.3 Å². The number of nitrogens with zero attached hydrogens (tertiary/aromatic N) is 1. The van der Waals surface area contributed by atoms with E-state index in [1.54, 1.807) is 6.20 Å². The maximum Gasteiger partial charge on any atom is 0.293 e. The van der Waals surface area contributed by atoms with Crippen molar-refractivity contribution in [2.24, 2.45) is 0 Å². The van der Waals surface area contributed by atoms with Gasteiger partial charge in [0, 0.05) is 34.5 Å². The van der Waals surface area contributed by atoms with E-state index in [4.69, 9.17) is 4.74 Å². The summed E-state index contributed by atoms with van der Waals surface area (Å²) in [4.78, 5) is 15.0. The van der Waals surface area contributed by atoms with Crippen molar-refractivity contribution in [2.45, 2.75) is 96.7 Å². The van der Waals surface area contributed by atoms with Crippen molar-refractivity contribution < 1.29 is 14.6 Å². The fourth-order valence-corrected chi connectivity index (χ4v) is 6.09. The first kappa shape index (κ1) is 28.6. The standard InChI is InChI=1S/C35H41NO3/c1-5-35(6-2,31-12-11-29(26(3)19-31)15-18-34(38)16-9-7-8-10-17-34)32-13-14-33(27(4)20-32)30-21-28(22-36-23-30)24-39-25-37/h11-14,19-23,25,38H,5-10,16-17,24H2,1-4H3. The minimum Gasteiger partial charge on any atom is -0.463 e. The zero-order valence-corrected chi connectivity index (χ0v) is 23.8. The molecule has 4 nitrogen and oxygen atoms in total.